The molecular weight excluding hydrogens is 513 g/mol. The molecular formula is C22H32IN3O3S. The fraction of sp³-hybridized carbons (Fsp3) is 0.409. The van der Waals surface area contributed by atoms with E-state index in [0.29, 0.717) is 28.3 Å². The number of nitrogens with one attached hydrogen (secondary N) is 2. The van der Waals surface area contributed by atoms with Crippen LogP contribution in [0.4, 0.5) is 0 Å². The third kappa shape index (κ3) is 9.01. The van der Waals surface area contributed by atoms with E-state index in [1.165, 1.54) is 4.90 Å². The fourth-order valence-corrected chi connectivity index (χ4v) is 3.61. The van der Waals surface area contributed by atoms with E-state index in [2.05, 4.69) is 34.7 Å². The van der Waals surface area contributed by atoms with Gasteiger partial charge in [0.15, 0.2) is 5.96 Å². The van der Waals surface area contributed by atoms with Gasteiger partial charge in [-0.05, 0) is 36.8 Å². The maximum Gasteiger partial charge on any atom is 0.191 e. The predicted molar refractivity (Wildman–Crippen MR) is 136 cm³/mol. The summed E-state index contributed by atoms with van der Waals surface area (Å²) < 4.78 is 10.5. The molecule has 8 heteroatoms. The number of methoxy groups -OCH3 is 2. The van der Waals surface area contributed by atoms with Gasteiger partial charge in [-0.3, -0.25) is 4.99 Å². The molecule has 0 aromatic heterocycles. The Morgan fingerprint density at radius 3 is 2.27 bits per heavy atom. The molecule has 0 aliphatic carbocycles. The second kappa shape index (κ2) is 14.4. The van der Waals surface area contributed by atoms with Gasteiger partial charge in [0.1, 0.15) is 11.5 Å². The molecule has 2 aromatic rings. The summed E-state index contributed by atoms with van der Waals surface area (Å²) in [6, 6.07) is 15.7. The summed E-state index contributed by atoms with van der Waals surface area (Å²) in [5.74, 6) is 1.96. The molecule has 0 radical (unpaired) electrons. The lowest BCUT2D eigenvalue weighted by Crippen LogP contribution is -2.40. The number of aliphatic hydroxyl groups is 1. The maximum absolute atomic E-state index is 10.6. The van der Waals surface area contributed by atoms with E-state index in [-0.39, 0.29) is 30.5 Å². The SMILES string of the molecule is CCNC(=NCC(O)c1cc(OC)cc(OC)c1)NCC(C)Sc1ccccc1.I. The fourth-order valence-electron chi connectivity index (χ4n) is 2.66. The molecule has 0 amide bonds. The van der Waals surface area contributed by atoms with Crippen LogP contribution in [0.3, 0.4) is 0 Å². The molecule has 0 saturated heterocycles. The number of thioether (sulfide) groups is 1. The molecule has 6 nitrogen and oxygen atoms in total. The number of ether oxygens (including phenoxy) is 2. The van der Waals surface area contributed by atoms with Crippen LogP contribution in [0.1, 0.15) is 25.5 Å². The van der Waals surface area contributed by atoms with Crippen molar-refractivity contribution >= 4 is 41.7 Å². The average molecular weight is 545 g/mol. The average Bonchev–Trinajstić information content (AvgIpc) is 2.75. The monoisotopic (exact) mass is 545 g/mol. The van der Waals surface area contributed by atoms with Crippen molar-refractivity contribution in [1.29, 1.82) is 0 Å². The number of guanidine groups is 1. The minimum Gasteiger partial charge on any atom is -0.497 e. The number of hydrogen-bond acceptors (Lipinski definition) is 5. The van der Waals surface area contributed by atoms with E-state index >= 15 is 0 Å². The Morgan fingerprint density at radius 2 is 1.70 bits per heavy atom. The van der Waals surface area contributed by atoms with Gasteiger partial charge in [0.25, 0.3) is 0 Å². The Morgan fingerprint density at radius 1 is 1.07 bits per heavy atom. The van der Waals surface area contributed by atoms with Crippen molar-refractivity contribution in [3.63, 3.8) is 0 Å². The Bertz CT molecular complexity index is 755. The third-order valence-electron chi connectivity index (χ3n) is 4.16. The van der Waals surface area contributed by atoms with Crippen LogP contribution in [0, 0.1) is 0 Å². The number of hydrogen-bond donors (Lipinski definition) is 3. The Hall–Kier alpha value is -1.65. The topological polar surface area (TPSA) is 75.1 Å². The first-order chi connectivity index (χ1) is 14.0. The van der Waals surface area contributed by atoms with Gasteiger partial charge in [0.2, 0.25) is 0 Å². The van der Waals surface area contributed by atoms with Crippen molar-refractivity contribution in [3.05, 3.63) is 54.1 Å². The van der Waals surface area contributed by atoms with Crippen LogP contribution < -0.4 is 20.1 Å². The number of rotatable bonds is 10. The molecule has 2 rings (SSSR count). The highest BCUT2D eigenvalue weighted by atomic mass is 127. The van der Waals surface area contributed by atoms with Gasteiger partial charge in [-0.15, -0.1) is 35.7 Å². The first-order valence-electron chi connectivity index (χ1n) is 9.70. The number of benzene rings is 2. The van der Waals surface area contributed by atoms with Gasteiger partial charge in [-0.1, -0.05) is 25.1 Å². The maximum atomic E-state index is 10.6. The van der Waals surface area contributed by atoms with E-state index in [1.54, 1.807) is 32.4 Å². The molecule has 3 N–H and O–H groups in total. The van der Waals surface area contributed by atoms with E-state index in [0.717, 1.165) is 13.1 Å². The quantitative estimate of drug-likeness (QED) is 0.181. The van der Waals surface area contributed by atoms with Crippen LogP contribution >= 0.6 is 35.7 Å². The zero-order valence-corrected chi connectivity index (χ0v) is 21.1. The molecule has 0 spiro atoms. The Labute approximate surface area is 200 Å². The van der Waals surface area contributed by atoms with E-state index in [4.69, 9.17) is 9.47 Å². The summed E-state index contributed by atoms with van der Waals surface area (Å²) in [5.41, 5.74) is 0.703. The van der Waals surface area contributed by atoms with Crippen LogP contribution in [0.25, 0.3) is 0 Å². The molecule has 0 aliphatic heterocycles. The van der Waals surface area contributed by atoms with E-state index in [1.807, 2.05) is 36.9 Å². The zero-order chi connectivity index (χ0) is 21.1. The standard InChI is InChI=1S/C22H31N3O3S.HI/c1-5-23-22(24-14-16(2)29-20-9-7-6-8-10-20)25-15-21(26)17-11-18(27-3)13-19(12-17)28-4;/h6-13,16,21,26H,5,14-15H2,1-4H3,(H2,23,24,25);1H. The molecule has 0 heterocycles. The molecule has 0 saturated carbocycles. The van der Waals surface area contributed by atoms with Crippen LogP contribution in [0.2, 0.25) is 0 Å². The largest absolute Gasteiger partial charge is 0.497 e. The Kier molecular flexibility index (Phi) is 12.6. The summed E-state index contributed by atoms with van der Waals surface area (Å²) in [4.78, 5) is 5.78. The minimum atomic E-state index is -0.759. The van der Waals surface area contributed by atoms with E-state index < -0.39 is 6.10 Å². The zero-order valence-electron chi connectivity index (χ0n) is 17.9. The number of halogens is 1. The normalized spacial score (nSPS) is 13.0. The summed E-state index contributed by atoms with van der Waals surface area (Å²) >= 11 is 1.81. The van der Waals surface area contributed by atoms with Gasteiger partial charge in [0.05, 0.1) is 26.9 Å². The summed E-state index contributed by atoms with van der Waals surface area (Å²) in [5, 5.41) is 17.5. The lowest BCUT2D eigenvalue weighted by Gasteiger charge is -2.17. The lowest BCUT2D eigenvalue weighted by atomic mass is 10.1. The second-order valence-corrected chi connectivity index (χ2v) is 8.02. The van der Waals surface area contributed by atoms with Crippen LogP contribution in [-0.4, -0.2) is 50.2 Å². The van der Waals surface area contributed by atoms with Crippen molar-refractivity contribution in [1.82, 2.24) is 10.6 Å². The van der Waals surface area contributed by atoms with E-state index in [9.17, 15) is 5.11 Å². The highest BCUT2D eigenvalue weighted by Crippen LogP contribution is 2.26. The van der Waals surface area contributed by atoms with Gasteiger partial charge >= 0.3 is 0 Å². The lowest BCUT2D eigenvalue weighted by molar-refractivity contribution is 0.186. The number of aliphatic hydroxyl groups excluding tert-OH is 1. The molecule has 0 aliphatic rings. The highest BCUT2D eigenvalue weighted by molar-refractivity contribution is 14.0. The molecule has 30 heavy (non-hydrogen) atoms. The van der Waals surface area contributed by atoms with Gasteiger partial charge < -0.3 is 25.2 Å². The second-order valence-electron chi connectivity index (χ2n) is 6.50. The molecule has 0 fully saturated rings. The smallest absolute Gasteiger partial charge is 0.191 e. The molecule has 2 unspecified atom stereocenters. The van der Waals surface area contributed by atoms with Crippen molar-refractivity contribution in [3.8, 4) is 11.5 Å². The first kappa shape index (κ1) is 26.4. The molecule has 166 valence electrons. The number of aliphatic imine (C=N–C) groups is 1. The summed E-state index contributed by atoms with van der Waals surface area (Å²) in [6.45, 7) is 5.92. The van der Waals surface area contributed by atoms with Crippen LogP contribution in [0.15, 0.2) is 58.4 Å². The summed E-state index contributed by atoms with van der Waals surface area (Å²) in [6.07, 6.45) is -0.759. The number of nitrogens with zero attached hydrogens (tertiary/aromatic N) is 1. The van der Waals surface area contributed by atoms with Crippen LogP contribution in [0.5, 0.6) is 11.5 Å². The molecule has 0 bridgehead atoms. The van der Waals surface area contributed by atoms with Gasteiger partial charge in [0, 0.05) is 29.3 Å². The van der Waals surface area contributed by atoms with Crippen molar-refractivity contribution in [2.75, 3.05) is 33.9 Å². The molecule has 2 atom stereocenters. The Balaban J connectivity index is 0.00000450. The minimum absolute atomic E-state index is 0. The highest BCUT2D eigenvalue weighted by Gasteiger charge is 2.12. The van der Waals surface area contributed by atoms with Gasteiger partial charge in [-0.2, -0.15) is 0 Å². The predicted octanol–water partition coefficient (Wildman–Crippen LogP) is 4.09. The third-order valence-corrected chi connectivity index (χ3v) is 5.28. The van der Waals surface area contributed by atoms with Crippen LogP contribution in [-0.2, 0) is 0 Å². The first-order valence-corrected chi connectivity index (χ1v) is 10.6. The van der Waals surface area contributed by atoms with Crippen molar-refractivity contribution in [2.24, 2.45) is 4.99 Å². The van der Waals surface area contributed by atoms with Crippen molar-refractivity contribution in [2.45, 2.75) is 30.1 Å². The summed E-state index contributed by atoms with van der Waals surface area (Å²) in [7, 11) is 3.18. The van der Waals surface area contributed by atoms with Gasteiger partial charge in [-0.25, -0.2) is 0 Å². The molecule has 2 aromatic carbocycles. The van der Waals surface area contributed by atoms with Crippen molar-refractivity contribution < 1.29 is 14.6 Å².